The van der Waals surface area contributed by atoms with E-state index in [2.05, 4.69) is 0 Å². The van der Waals surface area contributed by atoms with Crippen LogP contribution in [-0.4, -0.2) is 50.1 Å². The first-order valence-corrected chi connectivity index (χ1v) is 6.90. The molecule has 0 bridgehead atoms. The van der Waals surface area contributed by atoms with Gasteiger partial charge in [0.05, 0.1) is 22.3 Å². The highest BCUT2D eigenvalue weighted by molar-refractivity contribution is 6.18. The first kappa shape index (κ1) is 18.3. The minimum absolute atomic E-state index is 0.294. The Kier molecular flexibility index (Phi) is 4.83. The van der Waals surface area contributed by atoms with Crippen LogP contribution in [0.5, 0.6) is 0 Å². The molecule has 0 heterocycles. The molecule has 132 valence electrons. The predicted octanol–water partition coefficient (Wildman–Crippen LogP) is 1.71. The third kappa shape index (κ3) is 3.26. The highest BCUT2D eigenvalue weighted by atomic mass is 16.4. The summed E-state index contributed by atoms with van der Waals surface area (Å²) in [7, 11) is 0. The number of carbonyl (C=O) groups is 5. The zero-order valence-electron chi connectivity index (χ0n) is 12.8. The van der Waals surface area contributed by atoms with Crippen LogP contribution in [0.1, 0.15) is 57.4 Å². The molecule has 0 aromatic heterocycles. The van der Waals surface area contributed by atoms with Crippen LogP contribution in [0, 0.1) is 0 Å². The topological polar surface area (TPSA) is 166 Å². The molecule has 9 heteroatoms. The van der Waals surface area contributed by atoms with E-state index in [1.165, 1.54) is 6.07 Å². The lowest BCUT2D eigenvalue weighted by atomic mass is 9.93. The van der Waals surface area contributed by atoms with E-state index in [0.717, 1.165) is 30.3 Å². The fourth-order valence-corrected chi connectivity index (χ4v) is 2.35. The van der Waals surface area contributed by atoms with Crippen molar-refractivity contribution in [2.75, 3.05) is 0 Å². The molecule has 0 aliphatic heterocycles. The second-order valence-electron chi connectivity index (χ2n) is 5.04. The summed E-state index contributed by atoms with van der Waals surface area (Å²) in [6, 6.07) is 6.00. The van der Waals surface area contributed by atoms with Crippen molar-refractivity contribution >= 4 is 29.7 Å². The normalized spacial score (nSPS) is 10.2. The maximum atomic E-state index is 12.6. The Morgan fingerprint density at radius 3 is 1.62 bits per heavy atom. The monoisotopic (exact) mass is 358 g/mol. The predicted molar refractivity (Wildman–Crippen MR) is 84.2 cm³/mol. The van der Waals surface area contributed by atoms with E-state index in [-0.39, 0.29) is 5.56 Å². The van der Waals surface area contributed by atoms with Gasteiger partial charge in [0.25, 0.3) is 0 Å². The molecule has 0 amide bonds. The highest BCUT2D eigenvalue weighted by Crippen LogP contribution is 2.21. The Morgan fingerprint density at radius 2 is 1.12 bits per heavy atom. The SMILES string of the molecule is O=C(O)c1ccc(C(=O)c2cccc(C(=O)O)c2C(=O)O)cc1C(=O)O. The van der Waals surface area contributed by atoms with Crippen LogP contribution in [0.2, 0.25) is 0 Å². The minimum atomic E-state index is -1.65. The van der Waals surface area contributed by atoms with E-state index in [0.29, 0.717) is 0 Å². The molecule has 0 atom stereocenters. The Balaban J connectivity index is 2.67. The number of ketones is 1. The van der Waals surface area contributed by atoms with Gasteiger partial charge in [0.1, 0.15) is 0 Å². The summed E-state index contributed by atoms with van der Waals surface area (Å²) in [5.41, 5.74) is -3.32. The van der Waals surface area contributed by atoms with Gasteiger partial charge in [-0.3, -0.25) is 4.79 Å². The van der Waals surface area contributed by atoms with Crippen molar-refractivity contribution in [2.24, 2.45) is 0 Å². The molecule has 2 rings (SSSR count). The largest absolute Gasteiger partial charge is 0.478 e. The standard InChI is InChI=1S/C17H10O9/c18-13(7-4-5-8(14(19)20)11(6-7)16(23)24)9-2-1-3-10(15(21)22)12(9)17(25)26/h1-6H,(H,19,20)(H,21,22)(H,23,24)(H,25,26). The van der Waals surface area contributed by atoms with Crippen LogP contribution >= 0.6 is 0 Å². The molecule has 0 saturated carbocycles. The average Bonchev–Trinajstić information content (AvgIpc) is 2.59. The second kappa shape index (κ2) is 6.85. The molecule has 0 radical (unpaired) electrons. The molecule has 0 spiro atoms. The van der Waals surface area contributed by atoms with Crippen molar-refractivity contribution in [3.8, 4) is 0 Å². The van der Waals surface area contributed by atoms with E-state index in [1.54, 1.807) is 0 Å². The molecule has 0 saturated heterocycles. The third-order valence-corrected chi connectivity index (χ3v) is 3.50. The van der Waals surface area contributed by atoms with E-state index < -0.39 is 57.5 Å². The van der Waals surface area contributed by atoms with E-state index >= 15 is 0 Å². The van der Waals surface area contributed by atoms with Crippen LogP contribution in [0.25, 0.3) is 0 Å². The lowest BCUT2D eigenvalue weighted by Gasteiger charge is -2.10. The van der Waals surface area contributed by atoms with Gasteiger partial charge in [-0.15, -0.1) is 0 Å². The summed E-state index contributed by atoms with van der Waals surface area (Å²) < 4.78 is 0. The van der Waals surface area contributed by atoms with Crippen LogP contribution in [0.15, 0.2) is 36.4 Å². The Labute approximate surface area is 144 Å². The molecule has 0 aliphatic rings. The van der Waals surface area contributed by atoms with Gasteiger partial charge in [-0.25, -0.2) is 19.2 Å². The lowest BCUT2D eigenvalue weighted by Crippen LogP contribution is -2.16. The highest BCUT2D eigenvalue weighted by Gasteiger charge is 2.26. The van der Waals surface area contributed by atoms with E-state index in [1.807, 2.05) is 0 Å². The molecule has 9 nitrogen and oxygen atoms in total. The smallest absolute Gasteiger partial charge is 0.337 e. The molecule has 0 fully saturated rings. The zero-order valence-corrected chi connectivity index (χ0v) is 12.8. The van der Waals surface area contributed by atoms with Gasteiger partial charge in [0.15, 0.2) is 5.78 Å². The number of carbonyl (C=O) groups excluding carboxylic acids is 1. The molecule has 2 aromatic rings. The lowest BCUT2D eigenvalue weighted by molar-refractivity contribution is 0.0649. The zero-order chi connectivity index (χ0) is 19.6. The number of rotatable bonds is 6. The number of benzene rings is 2. The van der Waals surface area contributed by atoms with Crippen molar-refractivity contribution < 1.29 is 44.4 Å². The third-order valence-electron chi connectivity index (χ3n) is 3.50. The molecule has 4 N–H and O–H groups in total. The summed E-state index contributed by atoms with van der Waals surface area (Å²) in [6.45, 7) is 0. The number of carboxylic acids is 4. The van der Waals surface area contributed by atoms with Gasteiger partial charge in [0.2, 0.25) is 0 Å². The summed E-state index contributed by atoms with van der Waals surface area (Å²) >= 11 is 0. The van der Waals surface area contributed by atoms with Crippen molar-refractivity contribution in [1.29, 1.82) is 0 Å². The number of hydrogen-bond donors (Lipinski definition) is 4. The summed E-state index contributed by atoms with van der Waals surface area (Å²) in [4.78, 5) is 57.5. The van der Waals surface area contributed by atoms with E-state index in [4.69, 9.17) is 15.3 Å². The second-order valence-corrected chi connectivity index (χ2v) is 5.04. The number of hydrogen-bond acceptors (Lipinski definition) is 5. The first-order valence-electron chi connectivity index (χ1n) is 6.90. The number of carboxylic acid groups (broad SMARTS) is 4. The maximum Gasteiger partial charge on any atom is 0.337 e. The van der Waals surface area contributed by atoms with Gasteiger partial charge < -0.3 is 20.4 Å². The van der Waals surface area contributed by atoms with Crippen LogP contribution in [0.3, 0.4) is 0 Å². The quantitative estimate of drug-likeness (QED) is 0.562. The van der Waals surface area contributed by atoms with Gasteiger partial charge >= 0.3 is 23.9 Å². The van der Waals surface area contributed by atoms with Gasteiger partial charge in [-0.1, -0.05) is 18.2 Å². The van der Waals surface area contributed by atoms with Crippen LogP contribution in [0.4, 0.5) is 0 Å². The van der Waals surface area contributed by atoms with Crippen LogP contribution in [-0.2, 0) is 0 Å². The molecule has 0 aliphatic carbocycles. The molecule has 0 unspecified atom stereocenters. The Bertz CT molecular complexity index is 972. The summed E-state index contributed by atoms with van der Waals surface area (Å²) in [5.74, 6) is -7.25. The first-order chi connectivity index (χ1) is 12.1. The average molecular weight is 358 g/mol. The van der Waals surface area contributed by atoms with Gasteiger partial charge in [0, 0.05) is 11.1 Å². The number of aromatic carboxylic acids is 4. The van der Waals surface area contributed by atoms with Crippen molar-refractivity contribution in [3.63, 3.8) is 0 Å². The van der Waals surface area contributed by atoms with Crippen molar-refractivity contribution in [3.05, 3.63) is 69.8 Å². The molecular formula is C17H10O9. The molecular weight excluding hydrogens is 348 g/mol. The fraction of sp³-hybridized carbons (Fsp3) is 0. The van der Waals surface area contributed by atoms with E-state index in [9.17, 15) is 29.1 Å². The maximum absolute atomic E-state index is 12.6. The fourth-order valence-electron chi connectivity index (χ4n) is 2.35. The van der Waals surface area contributed by atoms with Gasteiger partial charge in [-0.2, -0.15) is 0 Å². The van der Waals surface area contributed by atoms with Crippen molar-refractivity contribution in [1.82, 2.24) is 0 Å². The van der Waals surface area contributed by atoms with Crippen molar-refractivity contribution in [2.45, 2.75) is 0 Å². The summed E-state index contributed by atoms with van der Waals surface area (Å²) in [5, 5.41) is 36.4. The molecule has 26 heavy (non-hydrogen) atoms. The minimum Gasteiger partial charge on any atom is -0.478 e. The summed E-state index contributed by atoms with van der Waals surface area (Å²) in [6.07, 6.45) is 0. The van der Waals surface area contributed by atoms with Gasteiger partial charge in [-0.05, 0) is 18.2 Å². The van der Waals surface area contributed by atoms with Crippen LogP contribution < -0.4 is 0 Å². The molecule has 2 aromatic carbocycles. The Hall–Kier alpha value is -4.01. The Morgan fingerprint density at radius 1 is 0.577 bits per heavy atom.